The molecule has 0 saturated heterocycles. The van der Waals surface area contributed by atoms with Crippen LogP contribution >= 0.6 is 0 Å². The fraction of sp³-hybridized carbons (Fsp3) is 0.391. The van der Waals surface area contributed by atoms with Gasteiger partial charge >= 0.3 is 0 Å². The number of ether oxygens (including phenoxy) is 2. The second kappa shape index (κ2) is 9.56. The summed E-state index contributed by atoms with van der Waals surface area (Å²) in [7, 11) is 1.57. The predicted molar refractivity (Wildman–Crippen MR) is 113 cm³/mol. The van der Waals surface area contributed by atoms with E-state index in [0.717, 1.165) is 22.7 Å². The molecule has 0 bridgehead atoms. The number of carbonyl (C=O) groups is 2. The summed E-state index contributed by atoms with van der Waals surface area (Å²) in [6, 6.07) is 11.6. The lowest BCUT2D eigenvalue weighted by Crippen LogP contribution is -2.36. The van der Waals surface area contributed by atoms with Crippen LogP contribution in [0.2, 0.25) is 0 Å². The summed E-state index contributed by atoms with van der Waals surface area (Å²) in [4.78, 5) is 26.0. The first kappa shape index (κ1) is 20.9. The molecule has 0 aliphatic carbocycles. The standard InChI is InChI=1S/C23H28N2O4/c1-16-6-9-20(13-17(16)2)29-12-4-5-22(26)24-19-8-10-21-18(14-19)7-11-23(27)25(21)15-28-3/h6,8-10,13-14H,4-5,7,11-12,15H2,1-3H3,(H,24,26). The van der Waals surface area contributed by atoms with Crippen molar-refractivity contribution in [2.75, 3.05) is 30.7 Å². The Bertz CT molecular complexity index is 894. The van der Waals surface area contributed by atoms with E-state index in [2.05, 4.69) is 19.2 Å². The van der Waals surface area contributed by atoms with Crippen molar-refractivity contribution in [3.8, 4) is 5.75 Å². The summed E-state index contributed by atoms with van der Waals surface area (Å²) in [6.07, 6.45) is 2.14. The van der Waals surface area contributed by atoms with Crippen LogP contribution in [-0.4, -0.2) is 32.3 Å². The van der Waals surface area contributed by atoms with Gasteiger partial charge in [-0.15, -0.1) is 0 Å². The van der Waals surface area contributed by atoms with E-state index >= 15 is 0 Å². The van der Waals surface area contributed by atoms with E-state index in [9.17, 15) is 9.59 Å². The van der Waals surface area contributed by atoms with Gasteiger partial charge in [-0.1, -0.05) is 6.07 Å². The molecule has 1 heterocycles. The molecule has 1 N–H and O–H groups in total. The minimum atomic E-state index is -0.0470. The lowest BCUT2D eigenvalue weighted by atomic mass is 10.0. The van der Waals surface area contributed by atoms with Crippen molar-refractivity contribution in [2.24, 2.45) is 0 Å². The first-order valence-electron chi connectivity index (χ1n) is 9.90. The molecule has 2 amide bonds. The Balaban J connectivity index is 1.49. The molecule has 154 valence electrons. The summed E-state index contributed by atoms with van der Waals surface area (Å²) in [6.45, 7) is 4.85. The first-order chi connectivity index (χ1) is 14.0. The fourth-order valence-electron chi connectivity index (χ4n) is 3.36. The molecule has 2 aromatic rings. The molecule has 0 aromatic heterocycles. The van der Waals surface area contributed by atoms with Crippen LogP contribution in [0, 0.1) is 13.8 Å². The van der Waals surface area contributed by atoms with Gasteiger partial charge in [0.2, 0.25) is 11.8 Å². The largest absolute Gasteiger partial charge is 0.494 e. The number of amides is 2. The van der Waals surface area contributed by atoms with E-state index in [1.807, 2.05) is 36.4 Å². The minimum absolute atomic E-state index is 0.0470. The molecule has 2 aromatic carbocycles. The van der Waals surface area contributed by atoms with Gasteiger partial charge < -0.3 is 14.8 Å². The molecule has 0 unspecified atom stereocenters. The summed E-state index contributed by atoms with van der Waals surface area (Å²) >= 11 is 0. The van der Waals surface area contributed by atoms with Gasteiger partial charge in [0.25, 0.3) is 0 Å². The van der Waals surface area contributed by atoms with Gasteiger partial charge in [0.05, 0.1) is 6.61 Å². The molecule has 3 rings (SSSR count). The second-order valence-electron chi connectivity index (χ2n) is 7.33. The number of anilines is 2. The number of hydrogen-bond donors (Lipinski definition) is 1. The van der Waals surface area contributed by atoms with E-state index in [1.165, 1.54) is 11.1 Å². The van der Waals surface area contributed by atoms with Gasteiger partial charge in [-0.05, 0) is 73.7 Å². The monoisotopic (exact) mass is 396 g/mol. The van der Waals surface area contributed by atoms with Crippen LogP contribution < -0.4 is 15.0 Å². The number of hydrogen-bond acceptors (Lipinski definition) is 4. The highest BCUT2D eigenvalue weighted by molar-refractivity contribution is 5.97. The van der Waals surface area contributed by atoms with Crippen LogP contribution in [-0.2, 0) is 20.7 Å². The fourth-order valence-corrected chi connectivity index (χ4v) is 3.36. The molecule has 1 aliphatic rings. The van der Waals surface area contributed by atoms with E-state index in [4.69, 9.17) is 9.47 Å². The number of carbonyl (C=O) groups excluding carboxylic acids is 2. The van der Waals surface area contributed by atoms with E-state index in [0.29, 0.717) is 32.3 Å². The zero-order valence-electron chi connectivity index (χ0n) is 17.3. The maximum absolute atomic E-state index is 12.3. The topological polar surface area (TPSA) is 67.9 Å². The van der Waals surface area contributed by atoms with Gasteiger partial charge in [-0.25, -0.2) is 0 Å². The Kier molecular flexibility index (Phi) is 6.88. The van der Waals surface area contributed by atoms with Crippen molar-refractivity contribution in [1.29, 1.82) is 0 Å². The van der Waals surface area contributed by atoms with Crippen LogP contribution in [0.1, 0.15) is 36.0 Å². The van der Waals surface area contributed by atoms with Crippen molar-refractivity contribution in [2.45, 2.75) is 39.5 Å². The molecule has 1 aliphatic heterocycles. The van der Waals surface area contributed by atoms with E-state index in [-0.39, 0.29) is 18.5 Å². The Morgan fingerprint density at radius 1 is 1.10 bits per heavy atom. The molecular weight excluding hydrogens is 368 g/mol. The van der Waals surface area contributed by atoms with Crippen molar-refractivity contribution < 1.29 is 19.1 Å². The third-order valence-electron chi connectivity index (χ3n) is 5.12. The highest BCUT2D eigenvalue weighted by atomic mass is 16.5. The van der Waals surface area contributed by atoms with Crippen molar-refractivity contribution in [1.82, 2.24) is 0 Å². The number of rotatable bonds is 8. The number of nitrogens with one attached hydrogen (secondary N) is 1. The number of benzene rings is 2. The molecule has 0 radical (unpaired) electrons. The summed E-state index contributed by atoms with van der Waals surface area (Å²) in [5, 5.41) is 2.94. The molecule has 0 atom stereocenters. The average Bonchev–Trinajstić information content (AvgIpc) is 2.70. The first-order valence-corrected chi connectivity index (χ1v) is 9.90. The summed E-state index contributed by atoms with van der Waals surface area (Å²) < 4.78 is 10.9. The minimum Gasteiger partial charge on any atom is -0.494 e. The number of methoxy groups -OCH3 is 1. The van der Waals surface area contributed by atoms with Crippen molar-refractivity contribution >= 4 is 23.2 Å². The Morgan fingerprint density at radius 3 is 2.69 bits per heavy atom. The Labute approximate surface area is 171 Å². The van der Waals surface area contributed by atoms with Crippen LogP contribution in [0.15, 0.2) is 36.4 Å². The zero-order chi connectivity index (χ0) is 20.8. The third-order valence-corrected chi connectivity index (χ3v) is 5.12. The van der Waals surface area contributed by atoms with Crippen LogP contribution in [0.3, 0.4) is 0 Å². The normalized spacial score (nSPS) is 13.2. The summed E-state index contributed by atoms with van der Waals surface area (Å²) in [5.41, 5.74) is 5.06. The smallest absolute Gasteiger partial charge is 0.229 e. The molecule has 6 heteroatoms. The van der Waals surface area contributed by atoms with E-state index < -0.39 is 0 Å². The Morgan fingerprint density at radius 2 is 1.93 bits per heavy atom. The maximum atomic E-state index is 12.3. The van der Waals surface area contributed by atoms with Gasteiger partial charge in [-0.2, -0.15) is 0 Å². The number of fused-ring (bicyclic) bond motifs is 1. The highest BCUT2D eigenvalue weighted by Crippen LogP contribution is 2.30. The summed E-state index contributed by atoms with van der Waals surface area (Å²) in [5.74, 6) is 0.840. The lowest BCUT2D eigenvalue weighted by molar-refractivity contribution is -0.120. The Hall–Kier alpha value is -2.86. The number of aryl methyl sites for hydroxylation is 3. The average molecular weight is 396 g/mol. The molecule has 0 saturated carbocycles. The molecular formula is C23H28N2O4. The second-order valence-corrected chi connectivity index (χ2v) is 7.33. The molecule has 0 fully saturated rings. The van der Waals surface area contributed by atoms with Gasteiger partial charge in [0.15, 0.2) is 0 Å². The lowest BCUT2D eigenvalue weighted by Gasteiger charge is -2.29. The van der Waals surface area contributed by atoms with Gasteiger partial charge in [0, 0.05) is 31.3 Å². The molecule has 0 spiro atoms. The number of nitrogens with zero attached hydrogens (tertiary/aromatic N) is 1. The predicted octanol–water partition coefficient (Wildman–Crippen LogP) is 3.98. The SMILES string of the molecule is COCN1C(=O)CCc2cc(NC(=O)CCCOc3ccc(C)c(C)c3)ccc21. The molecule has 6 nitrogen and oxygen atoms in total. The zero-order valence-corrected chi connectivity index (χ0v) is 17.3. The van der Waals surface area contributed by atoms with Crippen molar-refractivity contribution in [3.63, 3.8) is 0 Å². The quantitative estimate of drug-likeness (QED) is 0.685. The highest BCUT2D eigenvalue weighted by Gasteiger charge is 2.24. The third kappa shape index (κ3) is 5.35. The van der Waals surface area contributed by atoms with Crippen molar-refractivity contribution in [3.05, 3.63) is 53.1 Å². The van der Waals surface area contributed by atoms with Gasteiger partial charge in [-0.3, -0.25) is 14.5 Å². The van der Waals surface area contributed by atoms with Crippen LogP contribution in [0.4, 0.5) is 11.4 Å². The van der Waals surface area contributed by atoms with Gasteiger partial charge in [0.1, 0.15) is 12.5 Å². The van der Waals surface area contributed by atoms with E-state index in [1.54, 1.807) is 12.0 Å². The maximum Gasteiger partial charge on any atom is 0.229 e. The molecule has 29 heavy (non-hydrogen) atoms. The van der Waals surface area contributed by atoms with Crippen LogP contribution in [0.25, 0.3) is 0 Å². The van der Waals surface area contributed by atoms with Crippen LogP contribution in [0.5, 0.6) is 5.75 Å².